The summed E-state index contributed by atoms with van der Waals surface area (Å²) in [5.41, 5.74) is 0.569. The molecule has 2 unspecified atom stereocenters. The van der Waals surface area contributed by atoms with E-state index in [1.165, 1.54) is 11.3 Å². The van der Waals surface area contributed by atoms with E-state index < -0.39 is 17.3 Å². The molecule has 1 aliphatic rings. The highest BCUT2D eigenvalue weighted by Crippen LogP contribution is 2.39. The van der Waals surface area contributed by atoms with E-state index in [1.807, 2.05) is 18.6 Å². The molecule has 0 aliphatic heterocycles. The molecule has 2 N–H and O–H groups in total. The molecule has 9 heteroatoms. The zero-order valence-electron chi connectivity index (χ0n) is 19.3. The summed E-state index contributed by atoms with van der Waals surface area (Å²) in [5.74, 6) is -1.50. The monoisotopic (exact) mass is 469 g/mol. The lowest BCUT2D eigenvalue weighted by atomic mass is 9.73. The number of rotatable bonds is 8. The quantitative estimate of drug-likeness (QED) is 0.475. The zero-order chi connectivity index (χ0) is 23.6. The Morgan fingerprint density at radius 3 is 2.64 bits per heavy atom. The molecule has 1 aliphatic carbocycles. The molecular formula is C24H31N5O3S. The Morgan fingerprint density at radius 1 is 1.27 bits per heavy atom. The normalized spacial score (nSPS) is 17.7. The highest BCUT2D eigenvalue weighted by Gasteiger charge is 2.47. The van der Waals surface area contributed by atoms with E-state index in [0.29, 0.717) is 18.0 Å². The van der Waals surface area contributed by atoms with Crippen LogP contribution in [0.25, 0.3) is 10.2 Å². The highest BCUT2D eigenvalue weighted by atomic mass is 32.1. The number of benzene rings is 1. The molecule has 0 saturated heterocycles. The Hall–Kier alpha value is -2.78. The molecule has 0 bridgehead atoms. The van der Waals surface area contributed by atoms with Crippen molar-refractivity contribution in [3.05, 3.63) is 42.5 Å². The molecule has 1 aromatic carbocycles. The molecule has 1 saturated carbocycles. The van der Waals surface area contributed by atoms with E-state index in [2.05, 4.69) is 57.9 Å². The number of hydrogen-bond donors (Lipinski definition) is 2. The van der Waals surface area contributed by atoms with Crippen molar-refractivity contribution in [2.75, 3.05) is 19.4 Å². The second-order valence-electron chi connectivity index (χ2n) is 9.04. The molecule has 2 aromatic heterocycles. The van der Waals surface area contributed by atoms with E-state index in [9.17, 15) is 14.7 Å². The van der Waals surface area contributed by atoms with Gasteiger partial charge < -0.3 is 19.9 Å². The molecule has 0 spiro atoms. The van der Waals surface area contributed by atoms with Gasteiger partial charge in [-0.2, -0.15) is 0 Å². The van der Waals surface area contributed by atoms with Gasteiger partial charge in [-0.3, -0.25) is 9.59 Å². The van der Waals surface area contributed by atoms with Crippen LogP contribution in [0, 0.1) is 5.41 Å². The van der Waals surface area contributed by atoms with Gasteiger partial charge in [0.2, 0.25) is 5.91 Å². The minimum absolute atomic E-state index is 0.0783. The zero-order valence-corrected chi connectivity index (χ0v) is 20.1. The van der Waals surface area contributed by atoms with Crippen LogP contribution in [0.5, 0.6) is 0 Å². The van der Waals surface area contributed by atoms with Gasteiger partial charge in [-0.15, -0.1) is 0 Å². The molecule has 33 heavy (non-hydrogen) atoms. The largest absolute Gasteiger partial charge is 0.480 e. The molecule has 2 heterocycles. The molecule has 2 atom stereocenters. The molecule has 1 amide bonds. The number of carbonyl (C=O) groups excluding carboxylic acids is 1. The van der Waals surface area contributed by atoms with Crippen LogP contribution >= 0.6 is 11.3 Å². The van der Waals surface area contributed by atoms with Gasteiger partial charge in [-0.1, -0.05) is 43.6 Å². The van der Waals surface area contributed by atoms with Gasteiger partial charge in [0.25, 0.3) is 0 Å². The molecule has 1 fully saturated rings. The van der Waals surface area contributed by atoms with Gasteiger partial charge in [-0.25, -0.2) is 9.97 Å². The summed E-state index contributed by atoms with van der Waals surface area (Å²) in [5, 5.41) is 13.1. The Bertz CT molecular complexity index is 1120. The molecule has 8 nitrogen and oxygen atoms in total. The first-order valence-electron chi connectivity index (χ1n) is 11.4. The number of hydrogen-bond acceptors (Lipinski definition) is 6. The number of carbonyl (C=O) groups is 2. The number of aliphatic carboxylic acids is 1. The van der Waals surface area contributed by atoms with Crippen molar-refractivity contribution in [2.45, 2.75) is 57.5 Å². The molecule has 176 valence electrons. The summed E-state index contributed by atoms with van der Waals surface area (Å²) >= 11 is 1.38. The first kappa shape index (κ1) is 23.4. The van der Waals surface area contributed by atoms with E-state index in [1.54, 1.807) is 6.20 Å². The predicted octanol–water partition coefficient (Wildman–Crippen LogP) is 4.40. The van der Waals surface area contributed by atoms with Gasteiger partial charge in [0.05, 0.1) is 22.6 Å². The molecule has 0 radical (unpaired) electrons. The Kier molecular flexibility index (Phi) is 6.81. The van der Waals surface area contributed by atoms with Crippen LogP contribution in [0.15, 0.2) is 36.9 Å². The average Bonchev–Trinajstić information content (AvgIpc) is 3.46. The lowest BCUT2D eigenvalue weighted by molar-refractivity contribution is -0.156. The van der Waals surface area contributed by atoms with E-state index in [0.717, 1.165) is 41.5 Å². The minimum atomic E-state index is -1.35. The van der Waals surface area contributed by atoms with Crippen molar-refractivity contribution in [1.29, 1.82) is 0 Å². The average molecular weight is 470 g/mol. The van der Waals surface area contributed by atoms with E-state index in [4.69, 9.17) is 0 Å². The number of carboxylic acid groups (broad SMARTS) is 1. The second-order valence-corrected chi connectivity index (χ2v) is 10.1. The van der Waals surface area contributed by atoms with Crippen molar-refractivity contribution in [3.8, 4) is 0 Å². The van der Waals surface area contributed by atoms with Crippen LogP contribution in [0.3, 0.4) is 0 Å². The van der Waals surface area contributed by atoms with Gasteiger partial charge >= 0.3 is 5.97 Å². The first-order chi connectivity index (χ1) is 15.9. The number of nitrogens with one attached hydrogen (secondary N) is 1. The minimum Gasteiger partial charge on any atom is -0.480 e. The van der Waals surface area contributed by atoms with Crippen LogP contribution in [0.2, 0.25) is 0 Å². The SMILES string of the molecule is CCC(C(c1ccc2nc(NC(=O)C3(C(=O)O)CCCCC3)sc2c1)n1ccnc1)N(C)C. The summed E-state index contributed by atoms with van der Waals surface area (Å²) in [6, 6.07) is 6.51. The van der Waals surface area contributed by atoms with Crippen LogP contribution in [-0.4, -0.2) is 56.6 Å². The second kappa shape index (κ2) is 9.61. The smallest absolute Gasteiger partial charge is 0.319 e. The number of likely N-dealkylation sites (N-methyl/N-ethyl adjacent to an activating group) is 1. The number of aromatic nitrogens is 3. The van der Waals surface area contributed by atoms with Gasteiger partial charge in [0.1, 0.15) is 5.41 Å². The van der Waals surface area contributed by atoms with E-state index in [-0.39, 0.29) is 12.1 Å². The Morgan fingerprint density at radius 2 is 2.03 bits per heavy atom. The van der Waals surface area contributed by atoms with E-state index >= 15 is 0 Å². The third-order valence-corrected chi connectivity index (χ3v) is 7.75. The van der Waals surface area contributed by atoms with Crippen molar-refractivity contribution >= 4 is 38.6 Å². The lowest BCUT2D eigenvalue weighted by Gasteiger charge is -2.33. The number of imidazole rings is 1. The number of fused-ring (bicyclic) bond motifs is 1. The lowest BCUT2D eigenvalue weighted by Crippen LogP contribution is -2.44. The standard InChI is InChI=1S/C24H31N5O3S/c1-4-18(28(2)3)20(29-13-12-25-15-29)16-8-9-17-19(14-16)33-23(26-17)27-21(30)24(22(31)32)10-6-5-7-11-24/h8-9,12-15,18,20H,4-7,10-11H2,1-3H3,(H,31,32)(H,26,27,30). The van der Waals surface area contributed by atoms with Gasteiger partial charge in [0.15, 0.2) is 5.13 Å². The van der Waals surface area contributed by atoms with Crippen molar-refractivity contribution in [3.63, 3.8) is 0 Å². The first-order valence-corrected chi connectivity index (χ1v) is 12.3. The fraction of sp³-hybridized carbons (Fsp3) is 0.500. The summed E-state index contributed by atoms with van der Waals surface area (Å²) in [4.78, 5) is 36.0. The third-order valence-electron chi connectivity index (χ3n) is 6.82. The van der Waals surface area contributed by atoms with Crippen LogP contribution in [0.1, 0.15) is 57.1 Å². The van der Waals surface area contributed by atoms with Crippen molar-refractivity contribution in [1.82, 2.24) is 19.4 Å². The van der Waals surface area contributed by atoms with Crippen LogP contribution in [-0.2, 0) is 9.59 Å². The van der Waals surface area contributed by atoms with Crippen LogP contribution in [0.4, 0.5) is 5.13 Å². The number of thiazole rings is 1. The fourth-order valence-corrected chi connectivity index (χ4v) is 5.90. The van der Waals surface area contributed by atoms with Crippen LogP contribution < -0.4 is 5.32 Å². The maximum absolute atomic E-state index is 13.0. The summed E-state index contributed by atoms with van der Waals surface area (Å²) in [6.45, 7) is 2.18. The summed E-state index contributed by atoms with van der Waals surface area (Å²) in [7, 11) is 4.17. The third kappa shape index (κ3) is 4.52. The fourth-order valence-electron chi connectivity index (χ4n) is 4.99. The maximum Gasteiger partial charge on any atom is 0.319 e. The number of carboxylic acids is 1. The Balaban J connectivity index is 1.64. The van der Waals surface area contributed by atoms with Crippen molar-refractivity contribution in [2.24, 2.45) is 5.41 Å². The summed E-state index contributed by atoms with van der Waals surface area (Å²) < 4.78 is 3.08. The van der Waals surface area contributed by atoms with Crippen molar-refractivity contribution < 1.29 is 14.7 Å². The highest BCUT2D eigenvalue weighted by molar-refractivity contribution is 7.22. The Labute approximate surface area is 197 Å². The number of anilines is 1. The number of amides is 1. The number of nitrogens with zero attached hydrogens (tertiary/aromatic N) is 4. The predicted molar refractivity (Wildman–Crippen MR) is 130 cm³/mol. The van der Waals surface area contributed by atoms with Gasteiger partial charge in [0, 0.05) is 18.4 Å². The molecule has 3 aromatic rings. The topological polar surface area (TPSA) is 100 Å². The van der Waals surface area contributed by atoms with Gasteiger partial charge in [-0.05, 0) is 51.1 Å². The maximum atomic E-state index is 13.0. The molecular weight excluding hydrogens is 438 g/mol. The molecule has 4 rings (SSSR count). The summed E-state index contributed by atoms with van der Waals surface area (Å²) in [6.07, 6.45) is 9.80.